The van der Waals surface area contributed by atoms with Gasteiger partial charge >= 0.3 is 5.69 Å². The van der Waals surface area contributed by atoms with E-state index in [1.807, 2.05) is 88.7 Å². The number of halogens is 4. The number of anilines is 2. The topological polar surface area (TPSA) is 144 Å². The van der Waals surface area contributed by atoms with Crippen molar-refractivity contribution in [3.63, 3.8) is 0 Å². The molecule has 0 saturated carbocycles. The van der Waals surface area contributed by atoms with Crippen molar-refractivity contribution >= 4 is 66.3 Å². The highest BCUT2D eigenvalue weighted by Gasteiger charge is 2.46. The lowest BCUT2D eigenvalue weighted by Gasteiger charge is -2.39. The predicted molar refractivity (Wildman–Crippen MR) is 289 cm³/mol. The number of hydrogen-bond acceptors (Lipinski definition) is 12. The normalized spacial score (nSPS) is 17.7. The Bertz CT molecular complexity index is 2840. The van der Waals surface area contributed by atoms with E-state index in [0.717, 1.165) is 16.7 Å². The van der Waals surface area contributed by atoms with E-state index in [2.05, 4.69) is 43.4 Å². The molecule has 2 saturated heterocycles. The van der Waals surface area contributed by atoms with Crippen molar-refractivity contribution in [2.45, 2.75) is 82.8 Å². The molecule has 8 rings (SSSR count). The standard InChI is InChI=1S/C54H57Cl4N6O8P/c1-34(2)64(35(3)4)73(70-24-10-21-59)72-48-31-50(71-49(48)33-69-54(36-11-8-7-9-12-36,37-13-17-45(67-5)18-14-37)38-15-19-46(68-6)20-16-38)63-32-47(51(65)60-53(63)66)52-61(43-27-39(55)25-40(56)28-43)22-23-62(52)44-29-41(57)26-42(58)30-44/h7-9,11-20,25-30,32,34-35,48-50,52H,10,22-24,31,33H2,1-6H3,(H,60,65,66)/t48-,49+,50+,73?/m0/s1. The Balaban J connectivity index is 1.25. The van der Waals surface area contributed by atoms with Gasteiger partial charge in [-0.25, -0.2) is 9.46 Å². The molecule has 5 aromatic carbocycles. The SMILES string of the molecule is COc1ccc(C(OC[C@H]2O[C@@H](n3cc(C4N(c5cc(Cl)cc(Cl)c5)CCN4c4cc(Cl)cc(Cl)c4)c(=O)[nH]c3=O)C[C@@H]2OP(OCCC#N)N(C(C)C)C(C)C)(c2ccccc2)c2ccc(OC)cc2)cc1. The molecule has 0 aliphatic carbocycles. The summed E-state index contributed by atoms with van der Waals surface area (Å²) >= 11 is 26.3. The van der Waals surface area contributed by atoms with E-state index >= 15 is 0 Å². The van der Waals surface area contributed by atoms with E-state index in [0.29, 0.717) is 56.1 Å². The molecule has 6 aromatic rings. The van der Waals surface area contributed by atoms with Crippen LogP contribution in [0, 0.1) is 11.3 Å². The summed E-state index contributed by atoms with van der Waals surface area (Å²) in [6.07, 6.45) is -1.54. The highest BCUT2D eigenvalue weighted by molar-refractivity contribution is 7.44. The number of nitrogens with zero attached hydrogens (tertiary/aromatic N) is 5. The largest absolute Gasteiger partial charge is 0.497 e. The third-order valence-corrected chi connectivity index (χ3v) is 15.8. The van der Waals surface area contributed by atoms with Gasteiger partial charge in [-0.1, -0.05) is 101 Å². The minimum absolute atomic E-state index is 0.0117. The Morgan fingerprint density at radius 3 is 1.75 bits per heavy atom. The maximum absolute atomic E-state index is 14.3. The second-order valence-corrected chi connectivity index (χ2v) is 21.3. The lowest BCUT2D eigenvalue weighted by Crippen LogP contribution is -2.41. The summed E-state index contributed by atoms with van der Waals surface area (Å²) in [7, 11) is 1.43. The third kappa shape index (κ3) is 12.0. The second kappa shape index (κ2) is 24.0. The number of benzene rings is 5. The Morgan fingerprint density at radius 2 is 1.27 bits per heavy atom. The van der Waals surface area contributed by atoms with Crippen LogP contribution in [0.25, 0.3) is 0 Å². The van der Waals surface area contributed by atoms with Crippen molar-refractivity contribution in [1.82, 2.24) is 14.2 Å². The summed E-state index contributed by atoms with van der Waals surface area (Å²) in [5.41, 5.74) is 1.43. The van der Waals surface area contributed by atoms with Crippen LogP contribution in [-0.2, 0) is 24.1 Å². The molecule has 1 aromatic heterocycles. The Labute approximate surface area is 446 Å². The highest BCUT2D eigenvalue weighted by Crippen LogP contribution is 2.51. The second-order valence-electron chi connectivity index (χ2n) is 18.1. The molecule has 4 atom stereocenters. The molecule has 73 heavy (non-hydrogen) atoms. The predicted octanol–water partition coefficient (Wildman–Crippen LogP) is 12.2. The molecule has 1 unspecified atom stereocenters. The number of nitrogens with one attached hydrogen (secondary N) is 1. The number of aromatic nitrogens is 2. The number of hydrogen-bond donors (Lipinski definition) is 1. The molecule has 0 radical (unpaired) electrons. The van der Waals surface area contributed by atoms with Gasteiger partial charge < -0.3 is 37.8 Å². The first-order valence-electron chi connectivity index (χ1n) is 23.8. The van der Waals surface area contributed by atoms with E-state index in [1.54, 1.807) is 56.8 Å². The molecule has 2 fully saturated rings. The Kier molecular flexibility index (Phi) is 17.8. The number of H-pyrrole nitrogens is 1. The van der Waals surface area contributed by atoms with Gasteiger partial charge in [0.25, 0.3) is 14.1 Å². The minimum atomic E-state index is -1.81. The van der Waals surface area contributed by atoms with Crippen molar-refractivity contribution in [3.05, 3.63) is 185 Å². The van der Waals surface area contributed by atoms with Crippen LogP contribution in [0.4, 0.5) is 11.4 Å². The Hall–Kier alpha value is -5.14. The summed E-state index contributed by atoms with van der Waals surface area (Å²) < 4.78 is 42.7. The van der Waals surface area contributed by atoms with Gasteiger partial charge in [-0.2, -0.15) is 5.26 Å². The van der Waals surface area contributed by atoms with Gasteiger partial charge in [0.2, 0.25) is 0 Å². The van der Waals surface area contributed by atoms with Gasteiger partial charge in [0.05, 0.1) is 51.6 Å². The molecule has 3 heterocycles. The van der Waals surface area contributed by atoms with Crippen LogP contribution in [0.2, 0.25) is 20.1 Å². The van der Waals surface area contributed by atoms with E-state index in [-0.39, 0.29) is 43.7 Å². The van der Waals surface area contributed by atoms with Crippen LogP contribution in [0.15, 0.2) is 131 Å². The van der Waals surface area contributed by atoms with Crippen LogP contribution < -0.4 is 30.5 Å². The molecule has 384 valence electrons. The zero-order valence-corrected chi connectivity index (χ0v) is 45.1. The maximum atomic E-state index is 14.3. The highest BCUT2D eigenvalue weighted by atomic mass is 35.5. The zero-order valence-electron chi connectivity index (χ0n) is 41.2. The number of rotatable bonds is 20. The molecular formula is C54H57Cl4N6O8P. The van der Waals surface area contributed by atoms with Gasteiger partial charge in [0.15, 0.2) is 0 Å². The maximum Gasteiger partial charge on any atom is 0.330 e. The molecule has 2 aliphatic rings. The van der Waals surface area contributed by atoms with Gasteiger partial charge in [-0.15, -0.1) is 0 Å². The molecule has 0 amide bonds. The van der Waals surface area contributed by atoms with Gasteiger partial charge in [-0.3, -0.25) is 14.3 Å². The summed E-state index contributed by atoms with van der Waals surface area (Å²) in [6.45, 7) is 9.18. The van der Waals surface area contributed by atoms with Gasteiger partial charge in [-0.05, 0) is 105 Å². The van der Waals surface area contributed by atoms with Crippen LogP contribution in [0.1, 0.15) is 75.2 Å². The molecule has 14 nitrogen and oxygen atoms in total. The summed E-state index contributed by atoms with van der Waals surface area (Å²) in [5, 5.41) is 11.2. The van der Waals surface area contributed by atoms with Crippen molar-refractivity contribution in [1.29, 1.82) is 5.26 Å². The van der Waals surface area contributed by atoms with Gasteiger partial charge in [0, 0.05) is 69.3 Å². The fourth-order valence-corrected chi connectivity index (χ4v) is 12.4. The molecular weight excluding hydrogens is 1030 g/mol. The lowest BCUT2D eigenvalue weighted by molar-refractivity contribution is -0.0926. The molecule has 0 bridgehead atoms. The van der Waals surface area contributed by atoms with Crippen molar-refractivity contribution in [3.8, 4) is 17.6 Å². The smallest absolute Gasteiger partial charge is 0.330 e. The molecule has 19 heteroatoms. The van der Waals surface area contributed by atoms with Gasteiger partial charge in [0.1, 0.15) is 35.6 Å². The summed E-state index contributed by atoms with van der Waals surface area (Å²) in [6, 6.07) is 37.8. The summed E-state index contributed by atoms with van der Waals surface area (Å²) in [5.74, 6) is 1.34. The monoisotopic (exact) mass is 1090 g/mol. The van der Waals surface area contributed by atoms with Crippen LogP contribution in [0.5, 0.6) is 11.5 Å². The first-order chi connectivity index (χ1) is 35.1. The quantitative estimate of drug-likeness (QED) is 0.0441. The Morgan fingerprint density at radius 1 is 0.767 bits per heavy atom. The lowest BCUT2D eigenvalue weighted by atomic mass is 9.80. The third-order valence-electron chi connectivity index (χ3n) is 12.8. The number of nitriles is 1. The first kappa shape index (κ1) is 54.1. The average molecular weight is 1090 g/mol. The van der Waals surface area contributed by atoms with Crippen molar-refractivity contribution in [2.24, 2.45) is 0 Å². The summed E-state index contributed by atoms with van der Waals surface area (Å²) in [4.78, 5) is 35.3. The van der Waals surface area contributed by atoms with Crippen LogP contribution >= 0.6 is 54.9 Å². The number of aromatic amines is 1. The zero-order chi connectivity index (χ0) is 52.0. The van der Waals surface area contributed by atoms with E-state index in [4.69, 9.17) is 74.4 Å². The first-order valence-corrected chi connectivity index (χ1v) is 26.5. The minimum Gasteiger partial charge on any atom is -0.497 e. The fourth-order valence-electron chi connectivity index (χ4n) is 9.64. The van der Waals surface area contributed by atoms with Crippen LogP contribution in [0.3, 0.4) is 0 Å². The van der Waals surface area contributed by atoms with E-state index < -0.39 is 50.0 Å². The van der Waals surface area contributed by atoms with Crippen LogP contribution in [-0.4, -0.2) is 79.0 Å². The molecule has 1 N–H and O–H groups in total. The van der Waals surface area contributed by atoms with E-state index in [1.165, 1.54) is 4.57 Å². The molecule has 0 spiro atoms. The van der Waals surface area contributed by atoms with E-state index in [9.17, 15) is 14.9 Å². The van der Waals surface area contributed by atoms with Crippen molar-refractivity contribution in [2.75, 3.05) is 50.3 Å². The number of methoxy groups -OCH3 is 2. The average Bonchev–Trinajstić information content (AvgIpc) is 3.99. The molecule has 2 aliphatic heterocycles. The fraction of sp³-hybridized carbons (Fsp3) is 0.352. The van der Waals surface area contributed by atoms with Crippen molar-refractivity contribution < 1.29 is 28.0 Å². The number of ether oxygens (including phenoxy) is 4.